The van der Waals surface area contributed by atoms with Crippen molar-refractivity contribution in [3.05, 3.63) is 28.2 Å². The molecule has 0 radical (unpaired) electrons. The molecule has 1 saturated heterocycles. The van der Waals surface area contributed by atoms with Crippen molar-refractivity contribution < 1.29 is 12.9 Å². The van der Waals surface area contributed by atoms with Crippen LogP contribution in [0.1, 0.15) is 12.8 Å². The summed E-state index contributed by atoms with van der Waals surface area (Å²) in [6.07, 6.45) is 2.52. The Bertz CT molecular complexity index is 812. The van der Waals surface area contributed by atoms with Gasteiger partial charge in [-0.05, 0) is 31.0 Å². The first-order valence-corrected chi connectivity index (χ1v) is 9.97. The molecule has 1 aromatic carbocycles. The highest BCUT2D eigenvalue weighted by molar-refractivity contribution is 7.88. The van der Waals surface area contributed by atoms with E-state index >= 15 is 0 Å². The molecule has 1 aliphatic rings. The van der Waals surface area contributed by atoms with Crippen LogP contribution in [0.25, 0.3) is 11.4 Å². The van der Waals surface area contributed by atoms with Crippen molar-refractivity contribution in [3.8, 4) is 11.4 Å². The third-order valence-corrected chi connectivity index (χ3v) is 4.88. The van der Waals surface area contributed by atoms with Gasteiger partial charge in [0.2, 0.25) is 15.8 Å². The molecule has 3 rings (SSSR count). The smallest absolute Gasteiger partial charge is 0.324 e. The Labute approximate surface area is 150 Å². The zero-order valence-electron chi connectivity index (χ0n) is 12.9. The van der Waals surface area contributed by atoms with Gasteiger partial charge < -0.3 is 9.42 Å². The number of halogens is 2. The molecule has 1 aromatic heterocycles. The summed E-state index contributed by atoms with van der Waals surface area (Å²) in [5.41, 5.74) is 0.677. The largest absolute Gasteiger partial charge is 0.324 e. The van der Waals surface area contributed by atoms with Crippen molar-refractivity contribution in [2.24, 2.45) is 0 Å². The van der Waals surface area contributed by atoms with Gasteiger partial charge in [-0.15, -0.1) is 0 Å². The lowest BCUT2D eigenvalue weighted by Crippen LogP contribution is -2.44. The van der Waals surface area contributed by atoms with Crippen LogP contribution in [0.15, 0.2) is 22.7 Å². The Morgan fingerprint density at radius 3 is 2.42 bits per heavy atom. The Morgan fingerprint density at radius 1 is 1.21 bits per heavy atom. The molecule has 2 heterocycles. The average Bonchev–Trinajstić information content (AvgIpc) is 2.95. The summed E-state index contributed by atoms with van der Waals surface area (Å²) >= 11 is 12.0. The minimum Gasteiger partial charge on any atom is -0.324 e. The van der Waals surface area contributed by atoms with Gasteiger partial charge >= 0.3 is 6.01 Å². The molecule has 0 amide bonds. The van der Waals surface area contributed by atoms with Crippen LogP contribution in [0.3, 0.4) is 0 Å². The van der Waals surface area contributed by atoms with Crippen molar-refractivity contribution >= 4 is 39.2 Å². The highest BCUT2D eigenvalue weighted by Crippen LogP contribution is 2.27. The summed E-state index contributed by atoms with van der Waals surface area (Å²) < 4.78 is 30.5. The van der Waals surface area contributed by atoms with E-state index in [0.717, 1.165) is 0 Å². The number of nitrogens with zero attached hydrogens (tertiary/aromatic N) is 3. The molecule has 1 N–H and O–H groups in total. The van der Waals surface area contributed by atoms with Crippen LogP contribution in [-0.2, 0) is 10.0 Å². The second-order valence-corrected chi connectivity index (χ2v) is 8.36. The molecule has 7 nitrogen and oxygen atoms in total. The number of aromatic nitrogens is 2. The van der Waals surface area contributed by atoms with Gasteiger partial charge in [-0.2, -0.15) is 4.98 Å². The maximum atomic E-state index is 11.3. The maximum absolute atomic E-state index is 11.3. The molecule has 24 heavy (non-hydrogen) atoms. The fraction of sp³-hybridized carbons (Fsp3) is 0.429. The van der Waals surface area contributed by atoms with Crippen LogP contribution >= 0.6 is 23.2 Å². The quantitative estimate of drug-likeness (QED) is 0.862. The average molecular weight is 391 g/mol. The monoisotopic (exact) mass is 390 g/mol. The van der Waals surface area contributed by atoms with Gasteiger partial charge in [0.05, 0.1) is 6.26 Å². The molecule has 1 fully saturated rings. The number of sulfonamides is 1. The van der Waals surface area contributed by atoms with E-state index in [9.17, 15) is 8.42 Å². The molecule has 0 unspecified atom stereocenters. The van der Waals surface area contributed by atoms with Crippen LogP contribution in [0.5, 0.6) is 0 Å². The standard InChI is InChI=1S/C14H16Cl2N4O3S/c1-24(21,22)19-12-2-4-20(5-3-12)14-17-13(18-23-14)9-6-10(15)8-11(16)7-9/h6-8,12,19H,2-5H2,1H3. The van der Waals surface area contributed by atoms with E-state index in [0.29, 0.717) is 53.4 Å². The fourth-order valence-electron chi connectivity index (χ4n) is 2.64. The number of nitrogens with one attached hydrogen (secondary N) is 1. The van der Waals surface area contributed by atoms with E-state index in [1.54, 1.807) is 18.2 Å². The Kier molecular flexibility index (Phi) is 5.00. The molecule has 0 atom stereocenters. The van der Waals surface area contributed by atoms with Crippen molar-refractivity contribution in [2.45, 2.75) is 18.9 Å². The third kappa shape index (κ3) is 4.38. The first-order valence-electron chi connectivity index (χ1n) is 7.32. The summed E-state index contributed by atoms with van der Waals surface area (Å²) in [5.74, 6) is 0.408. The van der Waals surface area contributed by atoms with Crippen LogP contribution in [0.4, 0.5) is 6.01 Å². The number of anilines is 1. The summed E-state index contributed by atoms with van der Waals surface area (Å²) in [6.45, 7) is 1.26. The highest BCUT2D eigenvalue weighted by atomic mass is 35.5. The molecule has 10 heteroatoms. The molecule has 0 spiro atoms. The third-order valence-electron chi connectivity index (χ3n) is 3.68. The van der Waals surface area contributed by atoms with Crippen molar-refractivity contribution in [2.75, 3.05) is 24.2 Å². The summed E-state index contributed by atoms with van der Waals surface area (Å²) in [7, 11) is -3.19. The van der Waals surface area contributed by atoms with Crippen molar-refractivity contribution in [1.82, 2.24) is 14.9 Å². The predicted octanol–water partition coefficient (Wildman–Crippen LogP) is 2.56. The van der Waals surface area contributed by atoms with E-state index in [4.69, 9.17) is 27.7 Å². The normalized spacial score (nSPS) is 16.5. The van der Waals surface area contributed by atoms with E-state index in [1.807, 2.05) is 4.90 Å². The first-order chi connectivity index (χ1) is 11.3. The molecule has 130 valence electrons. The number of hydrogen-bond donors (Lipinski definition) is 1. The summed E-state index contributed by atoms with van der Waals surface area (Å²) in [5, 5.41) is 4.96. The molecular formula is C14H16Cl2N4O3S. The number of benzene rings is 1. The fourth-order valence-corrected chi connectivity index (χ4v) is 4.00. The van der Waals surface area contributed by atoms with Crippen LogP contribution < -0.4 is 9.62 Å². The molecular weight excluding hydrogens is 375 g/mol. The maximum Gasteiger partial charge on any atom is 0.324 e. The lowest BCUT2D eigenvalue weighted by molar-refractivity contribution is 0.387. The summed E-state index contributed by atoms with van der Waals surface area (Å²) in [4.78, 5) is 6.31. The molecule has 1 aliphatic heterocycles. The van der Waals surface area contributed by atoms with E-state index in [-0.39, 0.29) is 6.04 Å². The lowest BCUT2D eigenvalue weighted by atomic mass is 10.1. The number of hydrogen-bond acceptors (Lipinski definition) is 6. The van der Waals surface area contributed by atoms with Crippen LogP contribution in [0, 0.1) is 0 Å². The van der Waals surface area contributed by atoms with Crippen LogP contribution in [-0.4, -0.2) is 43.9 Å². The van der Waals surface area contributed by atoms with Gasteiger partial charge in [0.25, 0.3) is 0 Å². The van der Waals surface area contributed by atoms with Gasteiger partial charge in [0.1, 0.15) is 0 Å². The van der Waals surface area contributed by atoms with E-state index in [2.05, 4.69) is 14.9 Å². The van der Waals surface area contributed by atoms with E-state index in [1.165, 1.54) is 6.26 Å². The lowest BCUT2D eigenvalue weighted by Gasteiger charge is -2.30. The molecule has 2 aromatic rings. The minimum atomic E-state index is -3.19. The van der Waals surface area contributed by atoms with Gasteiger partial charge in [-0.1, -0.05) is 28.4 Å². The Morgan fingerprint density at radius 2 is 1.83 bits per heavy atom. The number of piperidine rings is 1. The zero-order chi connectivity index (χ0) is 17.3. The SMILES string of the molecule is CS(=O)(=O)NC1CCN(c2nc(-c3cc(Cl)cc(Cl)c3)no2)CC1. The topological polar surface area (TPSA) is 88.3 Å². The Hall–Kier alpha value is -1.35. The van der Waals surface area contributed by atoms with Crippen molar-refractivity contribution in [1.29, 1.82) is 0 Å². The Balaban J connectivity index is 1.68. The second-order valence-electron chi connectivity index (χ2n) is 5.71. The van der Waals surface area contributed by atoms with E-state index < -0.39 is 10.0 Å². The minimum absolute atomic E-state index is 0.0645. The van der Waals surface area contributed by atoms with Gasteiger partial charge in [-0.25, -0.2) is 13.1 Å². The van der Waals surface area contributed by atoms with Crippen LogP contribution in [0.2, 0.25) is 10.0 Å². The zero-order valence-corrected chi connectivity index (χ0v) is 15.2. The summed E-state index contributed by atoms with van der Waals surface area (Å²) in [6, 6.07) is 5.39. The first kappa shape index (κ1) is 17.5. The second kappa shape index (κ2) is 6.87. The predicted molar refractivity (Wildman–Crippen MR) is 93.0 cm³/mol. The highest BCUT2D eigenvalue weighted by Gasteiger charge is 2.25. The van der Waals surface area contributed by atoms with Crippen molar-refractivity contribution in [3.63, 3.8) is 0 Å². The van der Waals surface area contributed by atoms with Gasteiger partial charge in [-0.3, -0.25) is 0 Å². The number of rotatable bonds is 4. The van der Waals surface area contributed by atoms with Gasteiger partial charge in [0, 0.05) is 34.7 Å². The molecule has 0 aliphatic carbocycles. The molecule has 0 saturated carbocycles. The van der Waals surface area contributed by atoms with Gasteiger partial charge in [0.15, 0.2) is 0 Å². The molecule has 0 bridgehead atoms.